The van der Waals surface area contributed by atoms with Crippen LogP contribution in [-0.4, -0.2) is 42.8 Å². The van der Waals surface area contributed by atoms with Crippen molar-refractivity contribution in [3.63, 3.8) is 0 Å². The van der Waals surface area contributed by atoms with E-state index in [0.717, 1.165) is 24.0 Å². The normalized spacial score (nSPS) is 19.3. The van der Waals surface area contributed by atoms with Crippen molar-refractivity contribution in [3.8, 4) is 11.1 Å². The number of nitrogens with one attached hydrogen (secondary N) is 2. The molecule has 8 nitrogen and oxygen atoms in total. The van der Waals surface area contributed by atoms with E-state index in [4.69, 9.17) is 9.84 Å². The lowest BCUT2D eigenvalue weighted by molar-refractivity contribution is -0.151. The number of benzene rings is 2. The van der Waals surface area contributed by atoms with E-state index in [1.807, 2.05) is 24.3 Å². The Kier molecular flexibility index (Phi) is 7.24. The van der Waals surface area contributed by atoms with Crippen molar-refractivity contribution >= 4 is 18.0 Å². The van der Waals surface area contributed by atoms with E-state index < -0.39 is 18.7 Å². The van der Waals surface area contributed by atoms with Crippen LogP contribution in [-0.2, 0) is 19.2 Å². The third-order valence-corrected chi connectivity index (χ3v) is 6.40. The molecule has 1 saturated carbocycles. The van der Waals surface area contributed by atoms with E-state index in [9.17, 15) is 14.4 Å². The lowest BCUT2D eigenvalue weighted by atomic mass is 9.81. The molecule has 174 valence electrons. The molecule has 1 fully saturated rings. The van der Waals surface area contributed by atoms with E-state index in [1.54, 1.807) is 0 Å². The topological polar surface area (TPSA) is 114 Å². The highest BCUT2D eigenvalue weighted by Crippen LogP contribution is 2.44. The largest absolute Gasteiger partial charge is 0.479 e. The number of alkyl carbamates (subject to hydrolysis) is 1. The number of carbonyl (C=O) groups is 3. The molecule has 2 amide bonds. The molecule has 3 N–H and O–H groups in total. The van der Waals surface area contributed by atoms with E-state index >= 15 is 0 Å². The van der Waals surface area contributed by atoms with Crippen LogP contribution in [0, 0.1) is 11.8 Å². The first-order chi connectivity index (χ1) is 16.0. The maximum absolute atomic E-state index is 12.4. The van der Waals surface area contributed by atoms with Crippen LogP contribution in [0.5, 0.6) is 0 Å². The van der Waals surface area contributed by atoms with Crippen molar-refractivity contribution in [2.75, 3.05) is 19.8 Å². The molecule has 0 heterocycles. The monoisotopic (exact) mass is 452 g/mol. The van der Waals surface area contributed by atoms with E-state index in [0.29, 0.717) is 19.4 Å². The van der Waals surface area contributed by atoms with Crippen molar-refractivity contribution in [1.29, 1.82) is 0 Å². The minimum absolute atomic E-state index is 0.0108. The first-order valence-electron chi connectivity index (χ1n) is 11.2. The number of carbonyl (C=O) groups excluding carboxylic acids is 2. The Morgan fingerprint density at radius 1 is 0.970 bits per heavy atom. The number of aliphatic carboxylic acids is 1. The van der Waals surface area contributed by atoms with Gasteiger partial charge in [-0.25, -0.2) is 15.1 Å². The third-order valence-electron chi connectivity index (χ3n) is 6.40. The van der Waals surface area contributed by atoms with Gasteiger partial charge in [-0.05, 0) is 47.4 Å². The number of fused-ring (bicyclic) bond motifs is 3. The number of hydrogen-bond acceptors (Lipinski definition) is 5. The molecular formula is C25H28N2O6. The zero-order valence-corrected chi connectivity index (χ0v) is 18.3. The van der Waals surface area contributed by atoms with Gasteiger partial charge in [0.2, 0.25) is 5.91 Å². The zero-order chi connectivity index (χ0) is 23.2. The van der Waals surface area contributed by atoms with Gasteiger partial charge in [0.15, 0.2) is 6.61 Å². The number of amides is 2. The number of rotatable bonds is 8. The number of hydroxylamine groups is 1. The van der Waals surface area contributed by atoms with Crippen molar-refractivity contribution in [3.05, 3.63) is 59.7 Å². The van der Waals surface area contributed by atoms with Gasteiger partial charge in [-0.15, -0.1) is 0 Å². The molecule has 33 heavy (non-hydrogen) atoms. The van der Waals surface area contributed by atoms with Crippen molar-refractivity contribution in [2.45, 2.75) is 31.6 Å². The first kappa shape index (κ1) is 22.8. The predicted octanol–water partition coefficient (Wildman–Crippen LogP) is 3.46. The molecule has 2 unspecified atom stereocenters. The Labute approximate surface area is 192 Å². The summed E-state index contributed by atoms with van der Waals surface area (Å²) >= 11 is 0. The highest BCUT2D eigenvalue weighted by Gasteiger charge is 2.30. The van der Waals surface area contributed by atoms with Gasteiger partial charge in [0.25, 0.3) is 0 Å². The third kappa shape index (κ3) is 5.51. The van der Waals surface area contributed by atoms with Crippen LogP contribution in [0.4, 0.5) is 4.79 Å². The minimum Gasteiger partial charge on any atom is -0.479 e. The highest BCUT2D eigenvalue weighted by atomic mass is 16.7. The summed E-state index contributed by atoms with van der Waals surface area (Å²) < 4.78 is 5.58. The molecule has 2 aliphatic rings. The van der Waals surface area contributed by atoms with Gasteiger partial charge in [-0.1, -0.05) is 55.0 Å². The standard InChI is InChI=1S/C25H28N2O6/c28-23(29)15-33-27-24(30)17-7-5-6-16(12-17)13-26-25(31)32-14-22-20-10-3-1-8-18(20)19-9-2-4-11-21(19)22/h1-4,8-11,16-17,22H,5-7,12-15H2,(H,26,31)(H,27,30)(H,28,29). The Morgan fingerprint density at radius 2 is 1.64 bits per heavy atom. The van der Waals surface area contributed by atoms with Crippen LogP contribution in [0.25, 0.3) is 11.1 Å². The molecule has 0 aliphatic heterocycles. The summed E-state index contributed by atoms with van der Waals surface area (Å²) in [5.74, 6) is -1.57. The smallest absolute Gasteiger partial charge is 0.407 e. The van der Waals surface area contributed by atoms with Crippen LogP contribution in [0.2, 0.25) is 0 Å². The van der Waals surface area contributed by atoms with Gasteiger partial charge in [0.1, 0.15) is 6.61 Å². The zero-order valence-electron chi connectivity index (χ0n) is 18.3. The lowest BCUT2D eigenvalue weighted by Crippen LogP contribution is -2.38. The quantitative estimate of drug-likeness (QED) is 0.529. The van der Waals surface area contributed by atoms with Crippen LogP contribution in [0.15, 0.2) is 48.5 Å². The average Bonchev–Trinajstić information content (AvgIpc) is 3.15. The molecule has 0 bridgehead atoms. The molecule has 0 radical (unpaired) electrons. The minimum atomic E-state index is -1.15. The fourth-order valence-corrected chi connectivity index (χ4v) is 4.84. The summed E-state index contributed by atoms with van der Waals surface area (Å²) in [6.45, 7) is 0.109. The van der Waals surface area contributed by atoms with Crippen LogP contribution >= 0.6 is 0 Å². The van der Waals surface area contributed by atoms with Gasteiger partial charge in [0.05, 0.1) is 0 Å². The number of hydrogen-bond donors (Lipinski definition) is 3. The molecule has 0 spiro atoms. The summed E-state index contributed by atoms with van der Waals surface area (Å²) in [4.78, 5) is 39.7. The molecule has 2 aromatic rings. The number of carboxylic acids is 1. The highest BCUT2D eigenvalue weighted by molar-refractivity contribution is 5.79. The van der Waals surface area contributed by atoms with E-state index in [-0.39, 0.29) is 30.3 Å². The van der Waals surface area contributed by atoms with E-state index in [2.05, 4.69) is 39.9 Å². The summed E-state index contributed by atoms with van der Waals surface area (Å²) in [5.41, 5.74) is 6.90. The molecule has 8 heteroatoms. The second-order valence-corrected chi connectivity index (χ2v) is 8.58. The Balaban J connectivity index is 1.25. The first-order valence-corrected chi connectivity index (χ1v) is 11.2. The summed E-state index contributed by atoms with van der Waals surface area (Å²) in [6.07, 6.45) is 2.61. The molecule has 2 atom stereocenters. The lowest BCUT2D eigenvalue weighted by Gasteiger charge is -2.28. The van der Waals surface area contributed by atoms with Crippen molar-refractivity contribution < 1.29 is 29.1 Å². The van der Waals surface area contributed by atoms with Crippen LogP contribution < -0.4 is 10.8 Å². The van der Waals surface area contributed by atoms with Gasteiger partial charge in [-0.3, -0.25) is 9.63 Å². The number of carboxylic acid groups (broad SMARTS) is 1. The second kappa shape index (κ2) is 10.5. The van der Waals surface area contributed by atoms with Crippen molar-refractivity contribution in [1.82, 2.24) is 10.8 Å². The Bertz CT molecular complexity index is 978. The number of ether oxygens (including phenoxy) is 1. The van der Waals surface area contributed by atoms with Gasteiger partial charge in [0, 0.05) is 18.4 Å². The van der Waals surface area contributed by atoms with Gasteiger partial charge < -0.3 is 15.2 Å². The predicted molar refractivity (Wildman–Crippen MR) is 120 cm³/mol. The second-order valence-electron chi connectivity index (χ2n) is 8.58. The Hall–Kier alpha value is -3.39. The molecule has 2 aromatic carbocycles. The molecule has 4 rings (SSSR count). The molecular weight excluding hydrogens is 424 g/mol. The SMILES string of the molecule is O=C(O)CONC(=O)C1CCCC(CNC(=O)OCC2c3ccccc3-c3ccccc32)C1. The van der Waals surface area contributed by atoms with Gasteiger partial charge >= 0.3 is 12.1 Å². The summed E-state index contributed by atoms with van der Waals surface area (Å²) in [6, 6.07) is 16.4. The van der Waals surface area contributed by atoms with E-state index in [1.165, 1.54) is 11.1 Å². The van der Waals surface area contributed by atoms with Crippen LogP contribution in [0.3, 0.4) is 0 Å². The molecule has 0 saturated heterocycles. The Morgan fingerprint density at radius 3 is 2.30 bits per heavy atom. The van der Waals surface area contributed by atoms with Crippen LogP contribution in [0.1, 0.15) is 42.7 Å². The van der Waals surface area contributed by atoms with Crippen molar-refractivity contribution in [2.24, 2.45) is 11.8 Å². The maximum Gasteiger partial charge on any atom is 0.407 e. The average molecular weight is 453 g/mol. The fraction of sp³-hybridized carbons (Fsp3) is 0.400. The summed E-state index contributed by atoms with van der Waals surface area (Å²) in [5, 5.41) is 11.4. The summed E-state index contributed by atoms with van der Waals surface area (Å²) in [7, 11) is 0. The maximum atomic E-state index is 12.4. The molecule has 2 aliphatic carbocycles. The van der Waals surface area contributed by atoms with Gasteiger partial charge in [-0.2, -0.15) is 0 Å². The fourth-order valence-electron chi connectivity index (χ4n) is 4.84. The molecule has 0 aromatic heterocycles.